The number of rotatable bonds is 6. The number of nitrogens with two attached hydrogens (primary N) is 1. The molecule has 0 spiro atoms. The molecule has 1 atom stereocenters. The number of halogens is 1. The maximum atomic E-state index is 6.29. The van der Waals surface area contributed by atoms with E-state index in [1.54, 1.807) is 11.8 Å². The van der Waals surface area contributed by atoms with Gasteiger partial charge < -0.3 is 0 Å². The predicted molar refractivity (Wildman–Crippen MR) is 89.7 cm³/mol. The molecule has 2 aromatic rings. The molecule has 21 heavy (non-hydrogen) atoms. The fraction of sp³-hybridized carbons (Fsp3) is 0.400. The Morgan fingerprint density at radius 1 is 1.43 bits per heavy atom. The van der Waals surface area contributed by atoms with Crippen LogP contribution in [-0.2, 0) is 13.5 Å². The molecule has 0 fully saturated rings. The van der Waals surface area contributed by atoms with Crippen molar-refractivity contribution < 1.29 is 0 Å². The van der Waals surface area contributed by atoms with Gasteiger partial charge >= 0.3 is 0 Å². The number of aryl methyl sites for hydroxylation is 3. The molecule has 0 aliphatic rings. The van der Waals surface area contributed by atoms with E-state index in [2.05, 4.69) is 41.7 Å². The number of aromatic nitrogens is 2. The Morgan fingerprint density at radius 3 is 2.76 bits per heavy atom. The molecule has 0 bridgehead atoms. The molecule has 4 nitrogen and oxygen atoms in total. The Hall–Kier alpha value is -1.01. The minimum atomic E-state index is 0.141. The standard InChI is InChI=1S/C15H21ClN4S/c1-10-5-4-6-13(7-10)21-9-12(18-17)8-14-15(16)11(2)19-20(14)3/h4-7,12,18H,8-9,17H2,1-3H3. The Bertz CT molecular complexity index is 612. The molecule has 0 amide bonds. The monoisotopic (exact) mass is 324 g/mol. The van der Waals surface area contributed by atoms with Crippen LogP contribution in [0.1, 0.15) is 17.0 Å². The van der Waals surface area contributed by atoms with E-state index in [-0.39, 0.29) is 6.04 Å². The molecular formula is C15H21ClN4S. The van der Waals surface area contributed by atoms with Gasteiger partial charge in [-0.15, -0.1) is 11.8 Å². The summed E-state index contributed by atoms with van der Waals surface area (Å²) in [6, 6.07) is 8.61. The molecule has 0 saturated heterocycles. The van der Waals surface area contributed by atoms with E-state index in [1.165, 1.54) is 10.5 Å². The first-order chi connectivity index (χ1) is 10.0. The molecule has 3 N–H and O–H groups in total. The lowest BCUT2D eigenvalue weighted by Gasteiger charge is -2.16. The summed E-state index contributed by atoms with van der Waals surface area (Å²) in [6.07, 6.45) is 0.755. The van der Waals surface area contributed by atoms with Gasteiger partial charge in [0.25, 0.3) is 0 Å². The first kappa shape index (κ1) is 16.4. The van der Waals surface area contributed by atoms with Crippen molar-refractivity contribution in [2.75, 3.05) is 5.75 Å². The number of nitrogens with one attached hydrogen (secondary N) is 1. The molecule has 0 radical (unpaired) electrons. The minimum absolute atomic E-state index is 0.141. The van der Waals surface area contributed by atoms with E-state index in [4.69, 9.17) is 17.4 Å². The Kier molecular flexibility index (Phi) is 5.70. The lowest BCUT2D eigenvalue weighted by Crippen LogP contribution is -2.39. The smallest absolute Gasteiger partial charge is 0.0847 e. The van der Waals surface area contributed by atoms with Crippen LogP contribution in [0.4, 0.5) is 0 Å². The van der Waals surface area contributed by atoms with E-state index in [0.29, 0.717) is 0 Å². The minimum Gasteiger partial charge on any atom is -0.271 e. The van der Waals surface area contributed by atoms with Crippen molar-refractivity contribution in [1.29, 1.82) is 0 Å². The third kappa shape index (κ3) is 4.23. The third-order valence-electron chi connectivity index (χ3n) is 3.38. The Labute approximate surface area is 135 Å². The Balaban J connectivity index is 2.00. The SMILES string of the molecule is Cc1cccc(SCC(Cc2c(Cl)c(C)nn2C)NN)c1. The largest absolute Gasteiger partial charge is 0.271 e. The summed E-state index contributed by atoms with van der Waals surface area (Å²) in [7, 11) is 1.91. The van der Waals surface area contributed by atoms with Crippen molar-refractivity contribution in [3.8, 4) is 0 Å². The molecule has 114 valence electrons. The molecular weight excluding hydrogens is 304 g/mol. The van der Waals surface area contributed by atoms with Crippen molar-refractivity contribution >= 4 is 23.4 Å². The van der Waals surface area contributed by atoms with Crippen LogP contribution >= 0.6 is 23.4 Å². The second-order valence-electron chi connectivity index (χ2n) is 5.16. The summed E-state index contributed by atoms with van der Waals surface area (Å²) in [6.45, 7) is 4.01. The van der Waals surface area contributed by atoms with Gasteiger partial charge in [-0.25, -0.2) is 0 Å². The lowest BCUT2D eigenvalue weighted by molar-refractivity contribution is 0.551. The van der Waals surface area contributed by atoms with Gasteiger partial charge in [0.15, 0.2) is 0 Å². The molecule has 0 aliphatic heterocycles. The Morgan fingerprint density at radius 2 is 2.19 bits per heavy atom. The van der Waals surface area contributed by atoms with E-state index >= 15 is 0 Å². The molecule has 1 aromatic carbocycles. The summed E-state index contributed by atoms with van der Waals surface area (Å²) in [5.41, 5.74) is 6.02. The topological polar surface area (TPSA) is 55.9 Å². The van der Waals surface area contributed by atoms with Crippen LogP contribution in [0.25, 0.3) is 0 Å². The fourth-order valence-electron chi connectivity index (χ4n) is 2.20. The van der Waals surface area contributed by atoms with Gasteiger partial charge in [-0.3, -0.25) is 16.0 Å². The number of hydrazine groups is 1. The molecule has 1 aromatic heterocycles. The van der Waals surface area contributed by atoms with Gasteiger partial charge in [0.2, 0.25) is 0 Å². The maximum Gasteiger partial charge on any atom is 0.0847 e. The zero-order valence-electron chi connectivity index (χ0n) is 12.6. The van der Waals surface area contributed by atoms with Crippen LogP contribution in [-0.4, -0.2) is 21.6 Å². The van der Waals surface area contributed by atoms with Gasteiger partial charge in [0, 0.05) is 30.2 Å². The molecule has 1 heterocycles. The quantitative estimate of drug-likeness (QED) is 0.487. The highest BCUT2D eigenvalue weighted by molar-refractivity contribution is 7.99. The van der Waals surface area contributed by atoms with E-state index in [1.807, 2.05) is 18.7 Å². The van der Waals surface area contributed by atoms with Crippen LogP contribution in [0, 0.1) is 13.8 Å². The summed E-state index contributed by atoms with van der Waals surface area (Å²) in [4.78, 5) is 1.25. The van der Waals surface area contributed by atoms with Gasteiger partial charge in [-0.2, -0.15) is 5.10 Å². The molecule has 0 aliphatic carbocycles. The predicted octanol–water partition coefficient (Wildman–Crippen LogP) is 2.86. The van der Waals surface area contributed by atoms with Crippen LogP contribution < -0.4 is 11.3 Å². The van der Waals surface area contributed by atoms with Crippen molar-refractivity contribution in [2.45, 2.75) is 31.2 Å². The summed E-state index contributed by atoms with van der Waals surface area (Å²) in [5, 5.41) is 5.07. The number of benzene rings is 1. The van der Waals surface area contributed by atoms with Crippen molar-refractivity contribution in [1.82, 2.24) is 15.2 Å². The second-order valence-corrected chi connectivity index (χ2v) is 6.64. The number of hydrogen-bond donors (Lipinski definition) is 2. The van der Waals surface area contributed by atoms with Gasteiger partial charge in [-0.1, -0.05) is 29.3 Å². The maximum absolute atomic E-state index is 6.29. The first-order valence-electron chi connectivity index (χ1n) is 6.84. The fourth-order valence-corrected chi connectivity index (χ4v) is 3.49. The summed E-state index contributed by atoms with van der Waals surface area (Å²) >= 11 is 8.08. The van der Waals surface area contributed by atoms with Crippen LogP contribution in [0.5, 0.6) is 0 Å². The van der Waals surface area contributed by atoms with Crippen molar-refractivity contribution in [3.05, 3.63) is 46.2 Å². The summed E-state index contributed by atoms with van der Waals surface area (Å²) < 4.78 is 1.83. The van der Waals surface area contributed by atoms with Crippen molar-refractivity contribution in [3.63, 3.8) is 0 Å². The van der Waals surface area contributed by atoms with Gasteiger partial charge in [0.05, 0.1) is 16.4 Å². The molecule has 2 rings (SSSR count). The van der Waals surface area contributed by atoms with Crippen LogP contribution in [0.15, 0.2) is 29.2 Å². The number of thioether (sulfide) groups is 1. The normalized spacial score (nSPS) is 12.6. The average molecular weight is 325 g/mol. The summed E-state index contributed by atoms with van der Waals surface area (Å²) in [5.74, 6) is 6.56. The average Bonchev–Trinajstić information content (AvgIpc) is 2.69. The number of nitrogens with zero attached hydrogens (tertiary/aromatic N) is 2. The van der Waals surface area contributed by atoms with E-state index in [0.717, 1.165) is 28.6 Å². The third-order valence-corrected chi connectivity index (χ3v) is 5.03. The molecule has 6 heteroatoms. The zero-order chi connectivity index (χ0) is 15.4. The zero-order valence-corrected chi connectivity index (χ0v) is 14.1. The number of hydrogen-bond acceptors (Lipinski definition) is 4. The van der Waals surface area contributed by atoms with E-state index in [9.17, 15) is 0 Å². The van der Waals surface area contributed by atoms with Gasteiger partial charge in [-0.05, 0) is 26.0 Å². The molecule has 1 unspecified atom stereocenters. The van der Waals surface area contributed by atoms with Crippen molar-refractivity contribution in [2.24, 2.45) is 12.9 Å². The first-order valence-corrected chi connectivity index (χ1v) is 8.21. The van der Waals surface area contributed by atoms with Crippen LogP contribution in [0.2, 0.25) is 5.02 Å². The lowest BCUT2D eigenvalue weighted by atomic mass is 10.2. The van der Waals surface area contributed by atoms with E-state index < -0.39 is 0 Å². The van der Waals surface area contributed by atoms with Crippen LogP contribution in [0.3, 0.4) is 0 Å². The highest BCUT2D eigenvalue weighted by Crippen LogP contribution is 2.24. The highest BCUT2D eigenvalue weighted by atomic mass is 35.5. The second kappa shape index (κ2) is 7.31. The van der Waals surface area contributed by atoms with Gasteiger partial charge in [0.1, 0.15) is 0 Å². The highest BCUT2D eigenvalue weighted by Gasteiger charge is 2.16. The molecule has 0 saturated carbocycles.